The van der Waals surface area contributed by atoms with Gasteiger partial charge >= 0.3 is 6.03 Å². The van der Waals surface area contributed by atoms with Crippen molar-refractivity contribution in [2.45, 2.75) is 32.1 Å². The molecule has 0 bridgehead atoms. The van der Waals surface area contributed by atoms with Gasteiger partial charge < -0.3 is 15.7 Å². The number of rotatable bonds is 5. The predicted molar refractivity (Wildman–Crippen MR) is 80.7 cm³/mol. The maximum atomic E-state index is 11.7. The summed E-state index contributed by atoms with van der Waals surface area (Å²) in [5, 5.41) is 14.7. The van der Waals surface area contributed by atoms with Gasteiger partial charge in [0, 0.05) is 19.7 Å². The quantitative estimate of drug-likeness (QED) is 0.688. The third-order valence-corrected chi connectivity index (χ3v) is 6.49. The van der Waals surface area contributed by atoms with E-state index in [0.29, 0.717) is 31.3 Å². The molecule has 2 rings (SSSR count). The molecule has 2 aliphatic rings. The van der Waals surface area contributed by atoms with Crippen molar-refractivity contribution in [3.8, 4) is 0 Å². The maximum Gasteiger partial charge on any atom is 0.314 e. The normalized spacial score (nSPS) is 31.8. The first-order valence-electron chi connectivity index (χ1n) is 7.81. The van der Waals surface area contributed by atoms with Crippen LogP contribution in [-0.4, -0.2) is 50.8 Å². The molecule has 1 aliphatic carbocycles. The second kappa shape index (κ2) is 7.45. The molecule has 122 valence electrons. The standard InChI is InChI=1S/C14H26N2O4S/c17-9-12-3-1-11(2-4-12)7-15-14(18)16-8-13-5-6-21(19,20)10-13/h11-13,17H,1-10H2,(H2,15,16,18). The van der Waals surface area contributed by atoms with Crippen LogP contribution >= 0.6 is 0 Å². The molecule has 21 heavy (non-hydrogen) atoms. The van der Waals surface area contributed by atoms with Gasteiger partial charge in [-0.15, -0.1) is 0 Å². The summed E-state index contributed by atoms with van der Waals surface area (Å²) in [4.78, 5) is 11.7. The highest BCUT2D eigenvalue weighted by molar-refractivity contribution is 7.91. The largest absolute Gasteiger partial charge is 0.396 e. The molecule has 3 N–H and O–H groups in total. The lowest BCUT2D eigenvalue weighted by atomic mass is 9.82. The Bertz CT molecular complexity index is 444. The first-order chi connectivity index (χ1) is 9.98. The summed E-state index contributed by atoms with van der Waals surface area (Å²) in [6, 6.07) is -0.205. The third kappa shape index (κ3) is 5.47. The summed E-state index contributed by atoms with van der Waals surface area (Å²) in [5.41, 5.74) is 0. The van der Waals surface area contributed by atoms with E-state index in [1.165, 1.54) is 0 Å². The summed E-state index contributed by atoms with van der Waals surface area (Å²) in [5.74, 6) is 1.42. The molecule has 2 amide bonds. The van der Waals surface area contributed by atoms with Crippen molar-refractivity contribution in [2.24, 2.45) is 17.8 Å². The van der Waals surface area contributed by atoms with Crippen molar-refractivity contribution in [3.63, 3.8) is 0 Å². The van der Waals surface area contributed by atoms with Crippen LogP contribution in [0.4, 0.5) is 4.79 Å². The SMILES string of the molecule is O=C(NCC1CCC(CO)CC1)NCC1CCS(=O)(=O)C1. The molecule has 0 aromatic heterocycles. The first kappa shape index (κ1) is 16.5. The highest BCUT2D eigenvalue weighted by Gasteiger charge is 2.28. The Morgan fingerprint density at radius 3 is 2.05 bits per heavy atom. The second-order valence-corrected chi connectivity index (χ2v) is 8.66. The van der Waals surface area contributed by atoms with Gasteiger partial charge in [0.1, 0.15) is 0 Å². The molecule has 1 atom stereocenters. The zero-order valence-electron chi connectivity index (χ0n) is 12.4. The Hall–Kier alpha value is -0.820. The Kier molecular flexibility index (Phi) is 5.87. The molecule has 0 aromatic carbocycles. The lowest BCUT2D eigenvalue weighted by Gasteiger charge is -2.27. The van der Waals surface area contributed by atoms with E-state index in [1.807, 2.05) is 0 Å². The minimum Gasteiger partial charge on any atom is -0.396 e. The fraction of sp³-hybridized carbons (Fsp3) is 0.929. The molecule has 1 aliphatic heterocycles. The van der Waals surface area contributed by atoms with Crippen LogP contribution < -0.4 is 10.6 Å². The molecular weight excluding hydrogens is 292 g/mol. The fourth-order valence-electron chi connectivity index (χ4n) is 3.19. The van der Waals surface area contributed by atoms with E-state index in [2.05, 4.69) is 10.6 Å². The molecule has 1 heterocycles. The average Bonchev–Trinajstić information content (AvgIpc) is 2.83. The van der Waals surface area contributed by atoms with Crippen LogP contribution in [0.2, 0.25) is 0 Å². The van der Waals surface area contributed by atoms with E-state index in [-0.39, 0.29) is 30.1 Å². The van der Waals surface area contributed by atoms with Gasteiger partial charge in [-0.25, -0.2) is 13.2 Å². The predicted octanol–water partition coefficient (Wildman–Crippen LogP) is 0.519. The second-order valence-electron chi connectivity index (χ2n) is 6.43. The Balaban J connectivity index is 1.58. The van der Waals surface area contributed by atoms with Crippen LogP contribution in [0.15, 0.2) is 0 Å². The van der Waals surface area contributed by atoms with Gasteiger partial charge in [0.15, 0.2) is 9.84 Å². The maximum absolute atomic E-state index is 11.7. The zero-order valence-corrected chi connectivity index (χ0v) is 13.2. The molecular formula is C14H26N2O4S. The summed E-state index contributed by atoms with van der Waals surface area (Å²) in [7, 11) is -2.87. The summed E-state index contributed by atoms with van der Waals surface area (Å²) in [6.07, 6.45) is 4.81. The molecule has 7 heteroatoms. The number of amides is 2. The molecule has 0 spiro atoms. The van der Waals surface area contributed by atoms with Crippen molar-refractivity contribution >= 4 is 15.9 Å². The first-order valence-corrected chi connectivity index (χ1v) is 9.63. The van der Waals surface area contributed by atoms with Gasteiger partial charge in [-0.3, -0.25) is 0 Å². The van der Waals surface area contributed by atoms with Gasteiger partial charge in [-0.2, -0.15) is 0 Å². The van der Waals surface area contributed by atoms with E-state index in [1.54, 1.807) is 0 Å². The smallest absolute Gasteiger partial charge is 0.314 e. The van der Waals surface area contributed by atoms with Crippen LogP contribution in [0.5, 0.6) is 0 Å². The average molecular weight is 318 g/mol. The third-order valence-electron chi connectivity index (χ3n) is 4.65. The van der Waals surface area contributed by atoms with Crippen LogP contribution in [0.25, 0.3) is 0 Å². The van der Waals surface area contributed by atoms with E-state index in [4.69, 9.17) is 5.11 Å². The molecule has 1 unspecified atom stereocenters. The Morgan fingerprint density at radius 2 is 1.52 bits per heavy atom. The number of carbonyl (C=O) groups is 1. The van der Waals surface area contributed by atoms with Crippen molar-refractivity contribution < 1.29 is 18.3 Å². The highest BCUT2D eigenvalue weighted by Crippen LogP contribution is 2.27. The van der Waals surface area contributed by atoms with Crippen molar-refractivity contribution in [2.75, 3.05) is 31.2 Å². The fourth-order valence-corrected chi connectivity index (χ4v) is 5.05. The Morgan fingerprint density at radius 1 is 0.952 bits per heavy atom. The van der Waals surface area contributed by atoms with Crippen molar-refractivity contribution in [1.82, 2.24) is 10.6 Å². The number of aliphatic hydroxyl groups is 1. The molecule has 1 saturated heterocycles. The number of carbonyl (C=O) groups excluding carboxylic acids is 1. The summed E-state index contributed by atoms with van der Waals surface area (Å²) in [6.45, 7) is 1.36. The minimum absolute atomic E-state index is 0.0562. The summed E-state index contributed by atoms with van der Waals surface area (Å²) >= 11 is 0. The molecule has 1 saturated carbocycles. The molecule has 0 aromatic rings. The van der Waals surface area contributed by atoms with Gasteiger partial charge in [-0.1, -0.05) is 0 Å². The van der Waals surface area contributed by atoms with E-state index < -0.39 is 9.84 Å². The van der Waals surface area contributed by atoms with Crippen LogP contribution in [0.1, 0.15) is 32.1 Å². The highest BCUT2D eigenvalue weighted by atomic mass is 32.2. The van der Waals surface area contributed by atoms with Crippen molar-refractivity contribution in [3.05, 3.63) is 0 Å². The number of sulfone groups is 1. The van der Waals surface area contributed by atoms with Crippen LogP contribution in [-0.2, 0) is 9.84 Å². The van der Waals surface area contributed by atoms with Crippen LogP contribution in [0.3, 0.4) is 0 Å². The topological polar surface area (TPSA) is 95.5 Å². The van der Waals surface area contributed by atoms with E-state index in [0.717, 1.165) is 25.7 Å². The number of nitrogens with one attached hydrogen (secondary N) is 2. The summed E-state index contributed by atoms with van der Waals surface area (Å²) < 4.78 is 22.6. The molecule has 0 radical (unpaired) electrons. The number of hydrogen-bond acceptors (Lipinski definition) is 4. The zero-order chi connectivity index (χ0) is 15.3. The number of hydrogen-bond donors (Lipinski definition) is 3. The lowest BCUT2D eigenvalue weighted by Crippen LogP contribution is -2.41. The van der Waals surface area contributed by atoms with E-state index in [9.17, 15) is 13.2 Å². The van der Waals surface area contributed by atoms with Gasteiger partial charge in [0.2, 0.25) is 0 Å². The van der Waals surface area contributed by atoms with Gasteiger partial charge in [0.05, 0.1) is 11.5 Å². The number of aliphatic hydroxyl groups excluding tert-OH is 1. The lowest BCUT2D eigenvalue weighted by molar-refractivity contribution is 0.166. The monoisotopic (exact) mass is 318 g/mol. The van der Waals surface area contributed by atoms with Crippen molar-refractivity contribution in [1.29, 1.82) is 0 Å². The molecule has 2 fully saturated rings. The minimum atomic E-state index is -2.87. The Labute approximate surface area is 126 Å². The molecule has 6 nitrogen and oxygen atoms in total. The van der Waals surface area contributed by atoms with Gasteiger partial charge in [0.25, 0.3) is 0 Å². The van der Waals surface area contributed by atoms with Crippen LogP contribution in [0, 0.1) is 17.8 Å². The number of urea groups is 1. The van der Waals surface area contributed by atoms with Gasteiger partial charge in [-0.05, 0) is 49.9 Å². The van der Waals surface area contributed by atoms with E-state index >= 15 is 0 Å².